The summed E-state index contributed by atoms with van der Waals surface area (Å²) >= 11 is 0. The smallest absolute Gasteiger partial charge is 0.411 e. The molecule has 1 aliphatic rings. The lowest BCUT2D eigenvalue weighted by Crippen LogP contribution is -2.17. The van der Waals surface area contributed by atoms with Gasteiger partial charge in [-0.3, -0.25) is 9.87 Å². The van der Waals surface area contributed by atoms with Crippen LogP contribution in [-0.4, -0.2) is 25.7 Å². The van der Waals surface area contributed by atoms with Crippen LogP contribution in [-0.2, 0) is 14.9 Å². The minimum Gasteiger partial charge on any atom is -0.450 e. The summed E-state index contributed by atoms with van der Waals surface area (Å²) in [4.78, 5) is 11.7. The van der Waals surface area contributed by atoms with Crippen molar-refractivity contribution in [1.29, 1.82) is 0 Å². The lowest BCUT2D eigenvalue weighted by molar-refractivity contribution is 0.168. The van der Waals surface area contributed by atoms with E-state index in [-0.39, 0.29) is 6.61 Å². The molecule has 0 aromatic heterocycles. The van der Waals surface area contributed by atoms with Crippen LogP contribution < -0.4 is 5.32 Å². The molecule has 3 rings (SSSR count). The lowest BCUT2D eigenvalue weighted by Gasteiger charge is -2.15. The number of fused-ring (bicyclic) bond motifs is 3. The lowest BCUT2D eigenvalue weighted by atomic mass is 10.1. The summed E-state index contributed by atoms with van der Waals surface area (Å²) < 4.78 is 38.4. The highest BCUT2D eigenvalue weighted by Crippen LogP contribution is 2.49. The van der Waals surface area contributed by atoms with Crippen LogP contribution in [0.2, 0.25) is 0 Å². The fourth-order valence-corrected chi connectivity index (χ4v) is 3.98. The molecule has 0 fully saturated rings. The molecular formula is C16H15NO5S. The molecule has 2 N–H and O–H groups in total. The molecule has 1 amide bonds. The molecular weight excluding hydrogens is 318 g/mol. The second-order valence-electron chi connectivity index (χ2n) is 5.09. The predicted molar refractivity (Wildman–Crippen MR) is 85.9 cm³/mol. The quantitative estimate of drug-likeness (QED) is 0.841. The molecule has 6 nitrogen and oxygen atoms in total. The fraction of sp³-hybridized carbons (Fsp3) is 0.188. The zero-order valence-corrected chi connectivity index (χ0v) is 13.1. The molecule has 2 aromatic rings. The van der Waals surface area contributed by atoms with Gasteiger partial charge in [0.2, 0.25) is 0 Å². The van der Waals surface area contributed by atoms with Gasteiger partial charge in [-0.1, -0.05) is 36.4 Å². The first-order valence-corrected chi connectivity index (χ1v) is 8.56. The molecule has 0 saturated carbocycles. The summed E-state index contributed by atoms with van der Waals surface area (Å²) in [6.45, 7) is 1.87. The monoisotopic (exact) mass is 333 g/mol. The molecule has 0 radical (unpaired) electrons. The SMILES string of the molecule is CCOC(=O)Nc1cccc2c1C(S(=O)(=O)O)c1ccccc1-2. The van der Waals surface area contributed by atoms with Crippen molar-refractivity contribution in [3.63, 3.8) is 0 Å². The zero-order valence-electron chi connectivity index (χ0n) is 12.3. The van der Waals surface area contributed by atoms with Crippen molar-refractivity contribution in [1.82, 2.24) is 0 Å². The van der Waals surface area contributed by atoms with Crippen LogP contribution in [0.3, 0.4) is 0 Å². The third-order valence-electron chi connectivity index (χ3n) is 3.71. The number of hydrogen-bond donors (Lipinski definition) is 2. The minimum atomic E-state index is -4.39. The Labute approximate surface area is 133 Å². The first-order valence-electron chi connectivity index (χ1n) is 7.05. The van der Waals surface area contributed by atoms with Gasteiger partial charge in [0, 0.05) is 11.3 Å². The summed E-state index contributed by atoms with van der Waals surface area (Å²) in [7, 11) is -4.39. The Morgan fingerprint density at radius 1 is 1.17 bits per heavy atom. The molecule has 0 spiro atoms. The second-order valence-corrected chi connectivity index (χ2v) is 6.60. The highest BCUT2D eigenvalue weighted by Gasteiger charge is 2.39. The Morgan fingerprint density at radius 2 is 1.87 bits per heavy atom. The summed E-state index contributed by atoms with van der Waals surface area (Å²) in [6, 6.07) is 12.0. The number of anilines is 1. The van der Waals surface area contributed by atoms with Gasteiger partial charge in [0.1, 0.15) is 5.25 Å². The summed E-state index contributed by atoms with van der Waals surface area (Å²) in [5, 5.41) is 1.31. The number of amides is 1. The number of nitrogens with one attached hydrogen (secondary N) is 1. The number of carbonyl (C=O) groups excluding carboxylic acids is 1. The van der Waals surface area contributed by atoms with Gasteiger partial charge in [0.05, 0.1) is 6.61 Å². The molecule has 1 unspecified atom stereocenters. The fourth-order valence-electron chi connectivity index (χ4n) is 2.90. The normalized spacial score (nSPS) is 15.7. The largest absolute Gasteiger partial charge is 0.450 e. The topological polar surface area (TPSA) is 92.7 Å². The van der Waals surface area contributed by atoms with E-state index in [1.807, 2.05) is 0 Å². The van der Waals surface area contributed by atoms with E-state index >= 15 is 0 Å². The Bertz CT molecular complexity index is 876. The predicted octanol–water partition coefficient (Wildman–Crippen LogP) is 3.21. The van der Waals surface area contributed by atoms with Crippen LogP contribution in [0.4, 0.5) is 10.5 Å². The van der Waals surface area contributed by atoms with Crippen LogP contribution in [0, 0.1) is 0 Å². The molecule has 120 valence electrons. The third-order valence-corrected chi connectivity index (χ3v) is 4.80. The Kier molecular flexibility index (Phi) is 3.83. The zero-order chi connectivity index (χ0) is 16.6. The first kappa shape index (κ1) is 15.5. The maximum absolute atomic E-state index is 11.9. The van der Waals surface area contributed by atoms with E-state index in [0.717, 1.165) is 5.56 Å². The molecule has 2 aromatic carbocycles. The molecule has 1 aliphatic carbocycles. The van der Waals surface area contributed by atoms with E-state index in [1.54, 1.807) is 49.4 Å². The van der Waals surface area contributed by atoms with E-state index in [1.165, 1.54) is 0 Å². The van der Waals surface area contributed by atoms with Crippen LogP contribution in [0.5, 0.6) is 0 Å². The van der Waals surface area contributed by atoms with Gasteiger partial charge in [0.15, 0.2) is 0 Å². The Morgan fingerprint density at radius 3 is 2.57 bits per heavy atom. The van der Waals surface area contributed by atoms with Crippen LogP contribution >= 0.6 is 0 Å². The number of hydrogen-bond acceptors (Lipinski definition) is 4. The van der Waals surface area contributed by atoms with Crippen LogP contribution in [0.1, 0.15) is 23.3 Å². The summed E-state index contributed by atoms with van der Waals surface area (Å²) in [5.74, 6) is 0. The van der Waals surface area contributed by atoms with E-state index in [0.29, 0.717) is 22.4 Å². The summed E-state index contributed by atoms with van der Waals surface area (Å²) in [5.41, 5.74) is 2.53. The number of carbonyl (C=O) groups is 1. The van der Waals surface area contributed by atoms with Crippen molar-refractivity contribution < 1.29 is 22.5 Å². The number of benzene rings is 2. The van der Waals surface area contributed by atoms with Crippen molar-refractivity contribution >= 4 is 21.9 Å². The average Bonchev–Trinajstić information content (AvgIpc) is 2.83. The molecule has 0 heterocycles. The molecule has 7 heteroatoms. The van der Waals surface area contributed by atoms with E-state index in [4.69, 9.17) is 4.74 Å². The van der Waals surface area contributed by atoms with Gasteiger partial charge in [-0.15, -0.1) is 0 Å². The molecule has 0 aliphatic heterocycles. The standard InChI is InChI=1S/C16H15NO5S/c1-2-22-16(18)17-13-9-5-8-11-10-6-3-4-7-12(10)15(14(11)13)23(19,20)21/h3-9,15H,2H2,1H3,(H,17,18)(H,19,20,21). The third kappa shape index (κ3) is 2.69. The number of ether oxygens (including phenoxy) is 1. The minimum absolute atomic E-state index is 0.197. The van der Waals surface area contributed by atoms with E-state index in [9.17, 15) is 17.8 Å². The molecule has 1 atom stereocenters. The van der Waals surface area contributed by atoms with E-state index < -0.39 is 21.5 Å². The maximum Gasteiger partial charge on any atom is 0.411 e. The van der Waals surface area contributed by atoms with Crippen molar-refractivity contribution in [3.8, 4) is 11.1 Å². The van der Waals surface area contributed by atoms with Crippen LogP contribution in [0.15, 0.2) is 42.5 Å². The molecule has 23 heavy (non-hydrogen) atoms. The Hall–Kier alpha value is -2.38. The first-order chi connectivity index (χ1) is 10.9. The maximum atomic E-state index is 11.9. The van der Waals surface area contributed by atoms with Gasteiger partial charge in [-0.25, -0.2) is 4.79 Å². The molecule has 0 saturated heterocycles. The van der Waals surface area contributed by atoms with Gasteiger partial charge in [-0.2, -0.15) is 8.42 Å². The second kappa shape index (κ2) is 5.68. The van der Waals surface area contributed by atoms with Gasteiger partial charge < -0.3 is 4.74 Å². The van der Waals surface area contributed by atoms with E-state index in [2.05, 4.69) is 5.32 Å². The van der Waals surface area contributed by atoms with Crippen molar-refractivity contribution in [2.45, 2.75) is 12.2 Å². The van der Waals surface area contributed by atoms with Gasteiger partial charge in [-0.05, 0) is 29.7 Å². The van der Waals surface area contributed by atoms with Crippen molar-refractivity contribution in [2.75, 3.05) is 11.9 Å². The van der Waals surface area contributed by atoms with Crippen molar-refractivity contribution in [2.24, 2.45) is 0 Å². The highest BCUT2D eigenvalue weighted by molar-refractivity contribution is 7.86. The highest BCUT2D eigenvalue weighted by atomic mass is 32.2. The summed E-state index contributed by atoms with van der Waals surface area (Å²) in [6.07, 6.45) is -0.675. The van der Waals surface area contributed by atoms with Crippen LogP contribution in [0.25, 0.3) is 11.1 Å². The molecule has 0 bridgehead atoms. The van der Waals surface area contributed by atoms with Gasteiger partial charge in [0.25, 0.3) is 10.1 Å². The average molecular weight is 333 g/mol. The number of rotatable bonds is 3. The van der Waals surface area contributed by atoms with Crippen molar-refractivity contribution in [3.05, 3.63) is 53.6 Å². The van der Waals surface area contributed by atoms with Gasteiger partial charge >= 0.3 is 6.09 Å². The Balaban J connectivity index is 2.19.